The molecule has 29 heavy (non-hydrogen) atoms. The van der Waals surface area contributed by atoms with E-state index >= 15 is 0 Å². The SMILES string of the molecule is COc1ccc(C(C)(O)Cn2c3c(c4cc(Cl)ccc42)CCN(C)CC3)cc1F. The smallest absolute Gasteiger partial charge is 0.165 e. The molecule has 0 aliphatic carbocycles. The Morgan fingerprint density at radius 1 is 1.17 bits per heavy atom. The number of benzene rings is 2. The predicted octanol–water partition coefficient (Wildman–Crippen LogP) is 4.38. The van der Waals surface area contributed by atoms with E-state index in [0.717, 1.165) is 36.8 Å². The van der Waals surface area contributed by atoms with E-state index in [1.807, 2.05) is 18.2 Å². The van der Waals surface area contributed by atoms with Crippen LogP contribution in [0.5, 0.6) is 5.75 Å². The van der Waals surface area contributed by atoms with Crippen LogP contribution in [-0.4, -0.2) is 41.8 Å². The van der Waals surface area contributed by atoms with Crippen LogP contribution >= 0.6 is 11.6 Å². The number of ether oxygens (including phenoxy) is 1. The third-order valence-electron chi connectivity index (χ3n) is 5.96. The van der Waals surface area contributed by atoms with Crippen molar-refractivity contribution in [3.05, 3.63) is 64.1 Å². The first kappa shape index (κ1) is 20.2. The number of fused-ring (bicyclic) bond motifs is 3. The lowest BCUT2D eigenvalue weighted by molar-refractivity contribution is 0.0384. The molecule has 4 nitrogen and oxygen atoms in total. The Labute approximate surface area is 175 Å². The van der Waals surface area contributed by atoms with Gasteiger partial charge in [0.25, 0.3) is 0 Å². The first-order valence-corrected chi connectivity index (χ1v) is 10.2. The molecule has 0 amide bonds. The number of nitrogens with zero attached hydrogens (tertiary/aromatic N) is 2. The van der Waals surface area contributed by atoms with Gasteiger partial charge in [0.05, 0.1) is 13.7 Å². The van der Waals surface area contributed by atoms with Crippen LogP contribution in [0.2, 0.25) is 5.02 Å². The van der Waals surface area contributed by atoms with Gasteiger partial charge in [-0.3, -0.25) is 0 Å². The Morgan fingerprint density at radius 3 is 2.66 bits per heavy atom. The first-order valence-electron chi connectivity index (χ1n) is 9.84. The summed E-state index contributed by atoms with van der Waals surface area (Å²) in [5.74, 6) is -0.308. The second kappa shape index (κ2) is 7.63. The minimum atomic E-state index is -1.25. The van der Waals surface area contributed by atoms with Gasteiger partial charge in [0.15, 0.2) is 11.6 Å². The molecule has 154 valence electrons. The second-order valence-corrected chi connectivity index (χ2v) is 8.54. The molecule has 0 spiro atoms. The summed E-state index contributed by atoms with van der Waals surface area (Å²) in [6, 6.07) is 10.5. The van der Waals surface area contributed by atoms with Gasteiger partial charge < -0.3 is 19.3 Å². The van der Waals surface area contributed by atoms with Gasteiger partial charge in [-0.05, 0) is 61.9 Å². The number of hydrogen-bond donors (Lipinski definition) is 1. The van der Waals surface area contributed by atoms with Gasteiger partial charge in [0.2, 0.25) is 0 Å². The molecule has 3 aromatic rings. The standard InChI is InChI=1S/C23H26ClFN2O2/c1-23(28,15-4-7-22(29-3)19(25)12-15)14-27-20-6-5-16(24)13-18(20)17-8-10-26(2)11-9-21(17)27/h4-7,12-13,28H,8-11,14H2,1-3H3. The van der Waals surface area contributed by atoms with Crippen LogP contribution in [0, 0.1) is 5.82 Å². The normalized spacial score (nSPS) is 17.0. The molecule has 2 aromatic carbocycles. The minimum absolute atomic E-state index is 0.169. The summed E-state index contributed by atoms with van der Waals surface area (Å²) in [6.45, 7) is 4.00. The lowest BCUT2D eigenvalue weighted by Gasteiger charge is -2.27. The van der Waals surface area contributed by atoms with Crippen molar-refractivity contribution < 1.29 is 14.2 Å². The molecule has 2 heterocycles. The lowest BCUT2D eigenvalue weighted by atomic mass is 9.95. The van der Waals surface area contributed by atoms with E-state index in [1.54, 1.807) is 19.1 Å². The van der Waals surface area contributed by atoms with Crippen molar-refractivity contribution in [2.45, 2.75) is 31.9 Å². The third-order valence-corrected chi connectivity index (χ3v) is 6.20. The molecular weight excluding hydrogens is 391 g/mol. The number of aromatic nitrogens is 1. The largest absolute Gasteiger partial charge is 0.494 e. The summed E-state index contributed by atoms with van der Waals surface area (Å²) >= 11 is 6.29. The van der Waals surface area contributed by atoms with Crippen LogP contribution in [0.1, 0.15) is 23.7 Å². The predicted molar refractivity (Wildman–Crippen MR) is 114 cm³/mol. The monoisotopic (exact) mass is 416 g/mol. The van der Waals surface area contributed by atoms with Crippen molar-refractivity contribution in [2.24, 2.45) is 0 Å². The fourth-order valence-electron chi connectivity index (χ4n) is 4.31. The fourth-order valence-corrected chi connectivity index (χ4v) is 4.48. The summed E-state index contributed by atoms with van der Waals surface area (Å²) in [5, 5.41) is 13.2. The maximum Gasteiger partial charge on any atom is 0.165 e. The Morgan fingerprint density at radius 2 is 1.93 bits per heavy atom. The van der Waals surface area contributed by atoms with Crippen molar-refractivity contribution in [3.63, 3.8) is 0 Å². The number of likely N-dealkylation sites (N-methyl/N-ethyl adjacent to an activating group) is 1. The van der Waals surface area contributed by atoms with Crippen LogP contribution in [-0.2, 0) is 25.0 Å². The zero-order valence-electron chi connectivity index (χ0n) is 17.0. The number of aliphatic hydroxyl groups is 1. The van der Waals surface area contributed by atoms with Gasteiger partial charge in [-0.25, -0.2) is 4.39 Å². The van der Waals surface area contributed by atoms with Crippen LogP contribution in [0.15, 0.2) is 36.4 Å². The van der Waals surface area contributed by atoms with E-state index < -0.39 is 11.4 Å². The highest BCUT2D eigenvalue weighted by atomic mass is 35.5. The van der Waals surface area contributed by atoms with E-state index in [-0.39, 0.29) is 5.75 Å². The Kier molecular flexibility index (Phi) is 5.32. The molecule has 0 bridgehead atoms. The minimum Gasteiger partial charge on any atom is -0.494 e. The van der Waals surface area contributed by atoms with E-state index in [1.165, 1.54) is 24.4 Å². The van der Waals surface area contributed by atoms with Crippen molar-refractivity contribution in [2.75, 3.05) is 27.2 Å². The molecule has 1 atom stereocenters. The summed E-state index contributed by atoms with van der Waals surface area (Å²) in [6.07, 6.45) is 1.83. The first-order chi connectivity index (χ1) is 13.8. The molecule has 0 fully saturated rings. The van der Waals surface area contributed by atoms with Gasteiger partial charge in [-0.2, -0.15) is 0 Å². The Hall–Kier alpha value is -2.08. The molecule has 1 N–H and O–H groups in total. The summed E-state index contributed by atoms with van der Waals surface area (Å²) < 4.78 is 21.5. The van der Waals surface area contributed by atoms with Crippen molar-refractivity contribution in [1.29, 1.82) is 0 Å². The molecule has 4 rings (SSSR count). The molecule has 1 aliphatic rings. The topological polar surface area (TPSA) is 37.6 Å². The molecule has 1 aromatic heterocycles. The summed E-state index contributed by atoms with van der Waals surface area (Å²) in [4.78, 5) is 2.32. The highest BCUT2D eigenvalue weighted by Gasteiger charge is 2.29. The molecular formula is C23H26ClFN2O2. The molecule has 1 unspecified atom stereocenters. The molecule has 1 aliphatic heterocycles. The highest BCUT2D eigenvalue weighted by Crippen LogP contribution is 2.35. The third kappa shape index (κ3) is 3.75. The quantitative estimate of drug-likeness (QED) is 0.685. The average molecular weight is 417 g/mol. The summed E-state index contributed by atoms with van der Waals surface area (Å²) in [7, 11) is 3.56. The number of hydrogen-bond acceptors (Lipinski definition) is 3. The fraction of sp³-hybridized carbons (Fsp3) is 0.391. The Balaban J connectivity index is 1.80. The van der Waals surface area contributed by atoms with Gasteiger partial charge in [0.1, 0.15) is 5.60 Å². The molecule has 0 saturated carbocycles. The van der Waals surface area contributed by atoms with Gasteiger partial charge in [0, 0.05) is 41.1 Å². The van der Waals surface area contributed by atoms with Crippen molar-refractivity contribution in [1.82, 2.24) is 9.47 Å². The zero-order valence-corrected chi connectivity index (χ0v) is 17.8. The highest BCUT2D eigenvalue weighted by molar-refractivity contribution is 6.31. The van der Waals surface area contributed by atoms with E-state index in [0.29, 0.717) is 17.1 Å². The molecule has 6 heteroatoms. The van der Waals surface area contributed by atoms with Gasteiger partial charge in [-0.1, -0.05) is 17.7 Å². The number of halogens is 2. The van der Waals surface area contributed by atoms with Crippen LogP contribution in [0.4, 0.5) is 4.39 Å². The summed E-state index contributed by atoms with van der Waals surface area (Å²) in [5.41, 5.74) is 2.85. The van der Waals surface area contributed by atoms with Crippen molar-refractivity contribution >= 4 is 22.5 Å². The van der Waals surface area contributed by atoms with E-state index in [2.05, 4.69) is 16.5 Å². The van der Waals surface area contributed by atoms with Crippen LogP contribution in [0.3, 0.4) is 0 Å². The average Bonchev–Trinajstić information content (AvgIpc) is 2.81. The van der Waals surface area contributed by atoms with Crippen molar-refractivity contribution in [3.8, 4) is 5.75 Å². The Bertz CT molecular complexity index is 1060. The lowest BCUT2D eigenvalue weighted by Crippen LogP contribution is -2.29. The van der Waals surface area contributed by atoms with Crippen LogP contribution in [0.25, 0.3) is 10.9 Å². The molecule has 0 saturated heterocycles. The van der Waals surface area contributed by atoms with Gasteiger partial charge in [-0.15, -0.1) is 0 Å². The van der Waals surface area contributed by atoms with Gasteiger partial charge >= 0.3 is 0 Å². The second-order valence-electron chi connectivity index (χ2n) is 8.10. The number of methoxy groups -OCH3 is 1. The van der Waals surface area contributed by atoms with E-state index in [4.69, 9.17) is 16.3 Å². The maximum absolute atomic E-state index is 14.3. The van der Waals surface area contributed by atoms with Crippen LogP contribution < -0.4 is 4.74 Å². The maximum atomic E-state index is 14.3. The molecule has 0 radical (unpaired) electrons. The number of rotatable bonds is 4. The van der Waals surface area contributed by atoms with E-state index in [9.17, 15) is 9.50 Å². The zero-order chi connectivity index (χ0) is 20.8.